The zero-order valence-electron chi connectivity index (χ0n) is 15.9. The molecule has 0 aliphatic heterocycles. The van der Waals surface area contributed by atoms with E-state index >= 15 is 0 Å². The summed E-state index contributed by atoms with van der Waals surface area (Å²) in [5.74, 6) is -0.578. The molecule has 0 radical (unpaired) electrons. The smallest absolute Gasteiger partial charge is 0.357 e. The lowest BCUT2D eigenvalue weighted by molar-refractivity contribution is 0.0593. The maximum absolute atomic E-state index is 12.5. The number of carbonyl (C=O) groups is 1. The van der Waals surface area contributed by atoms with Crippen LogP contribution >= 0.6 is 15.9 Å². The van der Waals surface area contributed by atoms with E-state index in [9.17, 15) is 15.2 Å². The molecule has 0 bridgehead atoms. The first-order chi connectivity index (χ1) is 14.5. The van der Waals surface area contributed by atoms with E-state index in [1.165, 1.54) is 17.9 Å². The van der Waals surface area contributed by atoms with Gasteiger partial charge in [0.25, 0.3) is 0 Å². The molecule has 0 atom stereocenters. The molecule has 1 aromatic heterocycles. The standard InChI is InChI=1S/C23H16BrN3O3/c1-30-23(29)22-20(26)14(11-25)12-27(22)21-16(7-4-8-17(21)24)19-15-6-3-2-5-13(15)9-10-18(19)28/h2-10,12,28H,26H2,1H3. The van der Waals surface area contributed by atoms with Gasteiger partial charge in [0.1, 0.15) is 11.8 Å². The first-order valence-corrected chi connectivity index (χ1v) is 9.76. The predicted molar refractivity (Wildman–Crippen MR) is 119 cm³/mol. The van der Waals surface area contributed by atoms with Crippen molar-refractivity contribution in [3.05, 3.63) is 76.5 Å². The van der Waals surface area contributed by atoms with Gasteiger partial charge in [0.15, 0.2) is 5.69 Å². The van der Waals surface area contributed by atoms with Crippen molar-refractivity contribution in [2.45, 2.75) is 0 Å². The number of anilines is 1. The third-order valence-electron chi connectivity index (χ3n) is 4.95. The van der Waals surface area contributed by atoms with Crippen LogP contribution in [0.15, 0.2) is 65.3 Å². The van der Waals surface area contributed by atoms with Gasteiger partial charge < -0.3 is 20.1 Å². The number of hydrogen-bond donors (Lipinski definition) is 2. The molecule has 0 amide bonds. The molecule has 0 saturated heterocycles. The maximum atomic E-state index is 12.5. The molecule has 4 rings (SSSR count). The Hall–Kier alpha value is -3.76. The highest BCUT2D eigenvalue weighted by atomic mass is 79.9. The Bertz CT molecular complexity index is 1350. The van der Waals surface area contributed by atoms with Crippen molar-refractivity contribution in [2.24, 2.45) is 0 Å². The molecule has 148 valence electrons. The van der Waals surface area contributed by atoms with E-state index in [1.807, 2.05) is 54.6 Å². The molecule has 3 N–H and O–H groups in total. The first kappa shape index (κ1) is 19.6. The van der Waals surface area contributed by atoms with Crippen LogP contribution in [-0.4, -0.2) is 22.8 Å². The highest BCUT2D eigenvalue weighted by Gasteiger charge is 2.25. The fourth-order valence-electron chi connectivity index (χ4n) is 3.60. The van der Waals surface area contributed by atoms with Crippen LogP contribution in [-0.2, 0) is 4.74 Å². The number of esters is 1. The molecular weight excluding hydrogens is 446 g/mol. The monoisotopic (exact) mass is 461 g/mol. The largest absolute Gasteiger partial charge is 0.507 e. The van der Waals surface area contributed by atoms with Crippen LogP contribution in [0, 0.1) is 11.3 Å². The second-order valence-corrected chi connectivity index (χ2v) is 7.45. The number of phenols is 1. The van der Waals surface area contributed by atoms with Gasteiger partial charge in [-0.1, -0.05) is 42.5 Å². The maximum Gasteiger partial charge on any atom is 0.357 e. The minimum absolute atomic E-state index is 0.0354. The number of phenolic OH excluding ortho intramolecular Hbond substituents is 1. The van der Waals surface area contributed by atoms with Gasteiger partial charge in [-0.2, -0.15) is 5.26 Å². The van der Waals surface area contributed by atoms with Crippen molar-refractivity contribution >= 4 is 38.4 Å². The lowest BCUT2D eigenvalue weighted by Gasteiger charge is -2.18. The van der Waals surface area contributed by atoms with Crippen LogP contribution in [0.5, 0.6) is 5.75 Å². The topological polar surface area (TPSA) is 101 Å². The Kier molecular flexibility index (Phi) is 4.94. The average molecular weight is 462 g/mol. The summed E-state index contributed by atoms with van der Waals surface area (Å²) in [5, 5.41) is 22.0. The molecule has 6 nitrogen and oxygen atoms in total. The molecule has 7 heteroatoms. The lowest BCUT2D eigenvalue weighted by Crippen LogP contribution is -2.12. The quantitative estimate of drug-likeness (QED) is 0.417. The number of nitrogens with two attached hydrogens (primary N) is 1. The highest BCUT2D eigenvalue weighted by Crippen LogP contribution is 2.42. The van der Waals surface area contributed by atoms with Gasteiger partial charge in [0.2, 0.25) is 0 Å². The molecule has 0 unspecified atom stereocenters. The van der Waals surface area contributed by atoms with E-state index in [-0.39, 0.29) is 22.7 Å². The van der Waals surface area contributed by atoms with Gasteiger partial charge in [0, 0.05) is 21.8 Å². The average Bonchev–Trinajstić information content (AvgIpc) is 3.08. The number of aromatic hydroxyl groups is 1. The number of nitrogen functional groups attached to an aromatic ring is 1. The second-order valence-electron chi connectivity index (χ2n) is 6.60. The molecule has 0 spiro atoms. The molecule has 4 aromatic rings. The van der Waals surface area contributed by atoms with E-state index in [1.54, 1.807) is 6.07 Å². The van der Waals surface area contributed by atoms with Gasteiger partial charge in [0.05, 0.1) is 24.0 Å². The van der Waals surface area contributed by atoms with E-state index < -0.39 is 5.97 Å². The number of aromatic nitrogens is 1. The number of nitriles is 1. The van der Waals surface area contributed by atoms with E-state index in [0.29, 0.717) is 21.3 Å². The number of para-hydroxylation sites is 1. The summed E-state index contributed by atoms with van der Waals surface area (Å²) in [5.41, 5.74) is 8.12. The van der Waals surface area contributed by atoms with E-state index in [4.69, 9.17) is 10.5 Å². The Morgan fingerprint density at radius 3 is 2.67 bits per heavy atom. The molecule has 0 fully saturated rings. The summed E-state index contributed by atoms with van der Waals surface area (Å²) in [6.07, 6.45) is 1.49. The van der Waals surface area contributed by atoms with Crippen molar-refractivity contribution in [3.63, 3.8) is 0 Å². The van der Waals surface area contributed by atoms with Crippen LogP contribution in [0.2, 0.25) is 0 Å². The Balaban J connectivity index is 2.13. The molecule has 0 aliphatic carbocycles. The molecular formula is C23H16BrN3O3. The van der Waals surface area contributed by atoms with Crippen LogP contribution in [0.3, 0.4) is 0 Å². The first-order valence-electron chi connectivity index (χ1n) is 8.97. The molecule has 0 saturated carbocycles. The normalized spacial score (nSPS) is 10.7. The highest BCUT2D eigenvalue weighted by molar-refractivity contribution is 9.10. The number of rotatable bonds is 3. The number of hydrogen-bond acceptors (Lipinski definition) is 5. The Labute approximate surface area is 180 Å². The molecule has 3 aromatic carbocycles. The van der Waals surface area contributed by atoms with E-state index in [2.05, 4.69) is 15.9 Å². The summed E-state index contributed by atoms with van der Waals surface area (Å²) in [7, 11) is 1.25. The van der Waals surface area contributed by atoms with Gasteiger partial charge in [-0.05, 0) is 38.8 Å². The summed E-state index contributed by atoms with van der Waals surface area (Å²) >= 11 is 3.55. The number of ether oxygens (including phenoxy) is 1. The number of carbonyl (C=O) groups excluding carboxylic acids is 1. The SMILES string of the molecule is COC(=O)c1c(N)c(C#N)cn1-c1c(Br)cccc1-c1c(O)ccc2ccccc12. The van der Waals surface area contributed by atoms with Crippen molar-refractivity contribution in [1.29, 1.82) is 5.26 Å². The second kappa shape index (κ2) is 7.58. The van der Waals surface area contributed by atoms with Crippen molar-refractivity contribution in [3.8, 4) is 28.6 Å². The van der Waals surface area contributed by atoms with Crippen molar-refractivity contribution < 1.29 is 14.6 Å². The lowest BCUT2D eigenvalue weighted by atomic mass is 9.96. The molecule has 1 heterocycles. The van der Waals surface area contributed by atoms with Crippen molar-refractivity contribution in [1.82, 2.24) is 4.57 Å². The number of halogens is 1. The zero-order chi connectivity index (χ0) is 21.4. The molecule has 0 aliphatic rings. The van der Waals surface area contributed by atoms with E-state index in [0.717, 1.165) is 10.8 Å². The Morgan fingerprint density at radius 1 is 1.17 bits per heavy atom. The fraction of sp³-hybridized carbons (Fsp3) is 0.0435. The number of methoxy groups -OCH3 is 1. The predicted octanol–water partition coefficient (Wildman–Crippen LogP) is 5.01. The van der Waals surface area contributed by atoms with Gasteiger partial charge in [-0.25, -0.2) is 4.79 Å². The number of fused-ring (bicyclic) bond motifs is 1. The third-order valence-corrected chi connectivity index (χ3v) is 5.59. The fourth-order valence-corrected chi connectivity index (χ4v) is 4.15. The summed E-state index contributed by atoms with van der Waals surface area (Å²) in [4.78, 5) is 12.5. The summed E-state index contributed by atoms with van der Waals surface area (Å²) < 4.78 is 7.08. The number of benzene rings is 3. The zero-order valence-corrected chi connectivity index (χ0v) is 17.5. The van der Waals surface area contributed by atoms with Gasteiger partial charge >= 0.3 is 5.97 Å². The number of nitrogens with zero attached hydrogens (tertiary/aromatic N) is 2. The Morgan fingerprint density at radius 2 is 1.93 bits per heavy atom. The van der Waals surface area contributed by atoms with Crippen LogP contribution < -0.4 is 5.73 Å². The van der Waals surface area contributed by atoms with Crippen LogP contribution in [0.25, 0.3) is 27.6 Å². The minimum Gasteiger partial charge on any atom is -0.507 e. The van der Waals surface area contributed by atoms with Crippen LogP contribution in [0.4, 0.5) is 5.69 Å². The van der Waals surface area contributed by atoms with Crippen LogP contribution in [0.1, 0.15) is 16.1 Å². The third kappa shape index (κ3) is 2.98. The molecule has 30 heavy (non-hydrogen) atoms. The van der Waals surface area contributed by atoms with Gasteiger partial charge in [-0.15, -0.1) is 0 Å². The van der Waals surface area contributed by atoms with Crippen molar-refractivity contribution in [2.75, 3.05) is 12.8 Å². The summed E-state index contributed by atoms with van der Waals surface area (Å²) in [6.45, 7) is 0. The minimum atomic E-state index is -0.669. The summed E-state index contributed by atoms with van der Waals surface area (Å²) in [6, 6.07) is 18.7. The van der Waals surface area contributed by atoms with Gasteiger partial charge in [-0.3, -0.25) is 0 Å².